The van der Waals surface area contributed by atoms with Gasteiger partial charge in [0.05, 0.1) is 0 Å². The molecule has 1 fully saturated rings. The van der Waals surface area contributed by atoms with Crippen LogP contribution in [0.5, 0.6) is 0 Å². The Balaban J connectivity index is 2.04. The summed E-state index contributed by atoms with van der Waals surface area (Å²) in [5.74, 6) is 1.29. The van der Waals surface area contributed by atoms with Gasteiger partial charge in [0.2, 0.25) is 5.95 Å². The summed E-state index contributed by atoms with van der Waals surface area (Å²) in [5.41, 5.74) is 1.26. The first-order valence-electron chi connectivity index (χ1n) is 6.71. The molecule has 0 spiro atoms. The molecule has 1 unspecified atom stereocenters. The number of nitrogens with one attached hydrogen (secondary N) is 1. The number of rotatable bonds is 3. The maximum absolute atomic E-state index is 8.90. The molecular formula is C14H20N4. The summed E-state index contributed by atoms with van der Waals surface area (Å²) in [7, 11) is 0. The number of aryl methyl sites for hydroxylation is 1. The lowest BCUT2D eigenvalue weighted by Crippen LogP contribution is -2.28. The summed E-state index contributed by atoms with van der Waals surface area (Å²) in [6, 6.07) is 4.15. The van der Waals surface area contributed by atoms with Gasteiger partial charge in [-0.05, 0) is 38.7 Å². The van der Waals surface area contributed by atoms with Gasteiger partial charge < -0.3 is 5.32 Å². The van der Waals surface area contributed by atoms with Gasteiger partial charge in [-0.25, -0.2) is 9.97 Å². The molecule has 4 heteroatoms. The van der Waals surface area contributed by atoms with Gasteiger partial charge in [-0.15, -0.1) is 0 Å². The van der Waals surface area contributed by atoms with E-state index in [1.807, 2.05) is 6.92 Å². The molecule has 1 atom stereocenters. The minimum atomic E-state index is 0.374. The van der Waals surface area contributed by atoms with E-state index in [4.69, 9.17) is 5.26 Å². The van der Waals surface area contributed by atoms with E-state index < -0.39 is 0 Å². The second-order valence-corrected chi connectivity index (χ2v) is 5.16. The van der Waals surface area contributed by atoms with Crippen LogP contribution in [0.4, 0.5) is 5.95 Å². The second-order valence-electron chi connectivity index (χ2n) is 5.16. The lowest BCUT2D eigenvalue weighted by atomic mass is 9.85. The molecule has 1 aromatic heterocycles. The maximum Gasteiger partial charge on any atom is 0.224 e. The first-order valence-corrected chi connectivity index (χ1v) is 6.71. The summed E-state index contributed by atoms with van der Waals surface area (Å²) in [4.78, 5) is 8.55. The monoisotopic (exact) mass is 244 g/mol. The predicted octanol–water partition coefficient (Wildman–Crippen LogP) is 3.04. The summed E-state index contributed by atoms with van der Waals surface area (Å²) in [5, 5.41) is 12.3. The first-order chi connectivity index (χ1) is 8.69. The number of hydrogen-bond donors (Lipinski definition) is 1. The predicted molar refractivity (Wildman–Crippen MR) is 71.1 cm³/mol. The Morgan fingerprint density at radius 2 is 2.06 bits per heavy atom. The molecular weight excluding hydrogens is 224 g/mol. The van der Waals surface area contributed by atoms with Crippen molar-refractivity contribution in [1.29, 1.82) is 5.26 Å². The molecule has 4 nitrogen and oxygen atoms in total. The van der Waals surface area contributed by atoms with E-state index in [0.717, 1.165) is 5.69 Å². The highest BCUT2D eigenvalue weighted by Crippen LogP contribution is 2.27. The van der Waals surface area contributed by atoms with Crippen LogP contribution in [0.15, 0.2) is 6.07 Å². The van der Waals surface area contributed by atoms with E-state index in [0.29, 0.717) is 23.6 Å². The molecule has 0 bridgehead atoms. The van der Waals surface area contributed by atoms with Crippen molar-refractivity contribution < 1.29 is 0 Å². The van der Waals surface area contributed by atoms with Gasteiger partial charge in [0.1, 0.15) is 11.8 Å². The fraction of sp³-hybridized carbons (Fsp3) is 0.643. The third-order valence-corrected chi connectivity index (χ3v) is 3.68. The topological polar surface area (TPSA) is 61.6 Å². The smallest absolute Gasteiger partial charge is 0.224 e. The lowest BCUT2D eigenvalue weighted by molar-refractivity contribution is 0.327. The number of aromatic nitrogens is 2. The fourth-order valence-electron chi connectivity index (χ4n) is 2.65. The van der Waals surface area contributed by atoms with Crippen LogP contribution in [0.2, 0.25) is 0 Å². The largest absolute Gasteiger partial charge is 0.351 e. The van der Waals surface area contributed by atoms with Crippen LogP contribution in [0.25, 0.3) is 0 Å². The Bertz CT molecular complexity index is 444. The Morgan fingerprint density at radius 3 is 2.72 bits per heavy atom. The quantitative estimate of drug-likeness (QED) is 0.887. The van der Waals surface area contributed by atoms with Crippen molar-refractivity contribution in [1.82, 2.24) is 9.97 Å². The van der Waals surface area contributed by atoms with Crippen molar-refractivity contribution >= 4 is 5.95 Å². The number of nitrogens with zero attached hydrogens (tertiary/aromatic N) is 3. The van der Waals surface area contributed by atoms with Crippen LogP contribution < -0.4 is 5.32 Å². The third kappa shape index (κ3) is 3.19. The summed E-state index contributed by atoms with van der Waals surface area (Å²) >= 11 is 0. The van der Waals surface area contributed by atoms with Crippen LogP contribution in [0, 0.1) is 24.2 Å². The standard InChI is InChI=1S/C14H20N4/c1-10-8-13(9-15)18-14(16-10)17-11(2)12-6-4-3-5-7-12/h8,11-12H,3-7H2,1-2H3,(H,16,17,18). The molecule has 1 aliphatic carbocycles. The SMILES string of the molecule is Cc1cc(C#N)nc(NC(C)C2CCCCC2)n1. The number of nitriles is 1. The van der Waals surface area contributed by atoms with Gasteiger partial charge in [0.25, 0.3) is 0 Å². The van der Waals surface area contributed by atoms with Crippen LogP contribution >= 0.6 is 0 Å². The van der Waals surface area contributed by atoms with Crippen molar-refractivity contribution in [3.63, 3.8) is 0 Å². The molecule has 96 valence electrons. The molecule has 1 aromatic rings. The van der Waals surface area contributed by atoms with Crippen LogP contribution in [0.1, 0.15) is 50.4 Å². The fourth-order valence-corrected chi connectivity index (χ4v) is 2.65. The van der Waals surface area contributed by atoms with Crippen LogP contribution in [0.3, 0.4) is 0 Å². The van der Waals surface area contributed by atoms with E-state index in [1.54, 1.807) is 6.07 Å². The van der Waals surface area contributed by atoms with Crippen molar-refractivity contribution in [3.8, 4) is 6.07 Å². The maximum atomic E-state index is 8.90. The zero-order valence-corrected chi connectivity index (χ0v) is 11.1. The van der Waals surface area contributed by atoms with Gasteiger partial charge in [-0.1, -0.05) is 19.3 Å². The van der Waals surface area contributed by atoms with Crippen LogP contribution in [-0.2, 0) is 0 Å². The van der Waals surface area contributed by atoms with E-state index in [-0.39, 0.29) is 0 Å². The average molecular weight is 244 g/mol. The van der Waals surface area contributed by atoms with Crippen molar-refractivity contribution in [2.75, 3.05) is 5.32 Å². The van der Waals surface area contributed by atoms with E-state index in [2.05, 4.69) is 28.3 Å². The zero-order valence-electron chi connectivity index (χ0n) is 11.1. The highest BCUT2D eigenvalue weighted by molar-refractivity contribution is 5.33. The van der Waals surface area contributed by atoms with E-state index >= 15 is 0 Å². The Kier molecular flexibility index (Phi) is 4.14. The van der Waals surface area contributed by atoms with Gasteiger partial charge in [0.15, 0.2) is 0 Å². The Labute approximate surface area is 108 Å². The number of anilines is 1. The second kappa shape index (κ2) is 5.81. The molecule has 1 aliphatic rings. The molecule has 2 rings (SSSR count). The summed E-state index contributed by atoms with van der Waals surface area (Å²) in [6.45, 7) is 4.08. The average Bonchev–Trinajstić information content (AvgIpc) is 2.39. The number of hydrogen-bond acceptors (Lipinski definition) is 4. The third-order valence-electron chi connectivity index (χ3n) is 3.68. The van der Waals surface area contributed by atoms with Crippen molar-refractivity contribution in [2.45, 2.75) is 52.0 Å². The van der Waals surface area contributed by atoms with Gasteiger partial charge >= 0.3 is 0 Å². The molecule has 0 aliphatic heterocycles. The van der Waals surface area contributed by atoms with E-state index in [1.165, 1.54) is 32.1 Å². The Hall–Kier alpha value is -1.63. The van der Waals surface area contributed by atoms with Gasteiger partial charge in [-0.3, -0.25) is 0 Å². The minimum Gasteiger partial charge on any atom is -0.351 e. The zero-order chi connectivity index (χ0) is 13.0. The summed E-state index contributed by atoms with van der Waals surface area (Å²) in [6.07, 6.45) is 6.59. The van der Waals surface area contributed by atoms with Crippen LogP contribution in [-0.4, -0.2) is 16.0 Å². The van der Waals surface area contributed by atoms with Gasteiger partial charge in [-0.2, -0.15) is 5.26 Å². The molecule has 18 heavy (non-hydrogen) atoms. The molecule has 0 saturated heterocycles. The summed E-state index contributed by atoms with van der Waals surface area (Å²) < 4.78 is 0. The normalized spacial score (nSPS) is 18.1. The molecule has 0 amide bonds. The molecule has 0 aromatic carbocycles. The van der Waals surface area contributed by atoms with E-state index in [9.17, 15) is 0 Å². The van der Waals surface area contributed by atoms with Crippen molar-refractivity contribution in [3.05, 3.63) is 17.5 Å². The molecule has 0 radical (unpaired) electrons. The molecule has 1 heterocycles. The Morgan fingerprint density at radius 1 is 1.33 bits per heavy atom. The highest BCUT2D eigenvalue weighted by atomic mass is 15.1. The molecule has 1 saturated carbocycles. The van der Waals surface area contributed by atoms with Crippen molar-refractivity contribution in [2.24, 2.45) is 5.92 Å². The highest BCUT2D eigenvalue weighted by Gasteiger charge is 2.20. The molecule has 1 N–H and O–H groups in total. The first kappa shape index (κ1) is 12.8. The minimum absolute atomic E-state index is 0.374. The lowest BCUT2D eigenvalue weighted by Gasteiger charge is -2.28. The van der Waals surface area contributed by atoms with Gasteiger partial charge in [0, 0.05) is 11.7 Å².